The first-order chi connectivity index (χ1) is 10.1. The van der Waals surface area contributed by atoms with Crippen LogP contribution in [0.5, 0.6) is 0 Å². The summed E-state index contributed by atoms with van der Waals surface area (Å²) in [6.45, 7) is 11.1. The van der Waals surface area contributed by atoms with Crippen LogP contribution in [-0.4, -0.2) is 35.4 Å². The molecule has 4 nitrogen and oxygen atoms in total. The van der Waals surface area contributed by atoms with Gasteiger partial charge in [0.15, 0.2) is 0 Å². The fourth-order valence-electron chi connectivity index (χ4n) is 2.19. The van der Waals surface area contributed by atoms with Crippen LogP contribution in [0.15, 0.2) is 18.3 Å². The van der Waals surface area contributed by atoms with Crippen LogP contribution < -0.4 is 5.32 Å². The van der Waals surface area contributed by atoms with Gasteiger partial charge < -0.3 is 10.2 Å². The maximum absolute atomic E-state index is 12.5. The second-order valence-electron chi connectivity index (χ2n) is 5.83. The van der Waals surface area contributed by atoms with Crippen molar-refractivity contribution < 1.29 is 4.79 Å². The van der Waals surface area contributed by atoms with Crippen LogP contribution in [-0.2, 0) is 0 Å². The largest absolute Gasteiger partial charge is 0.370 e. The van der Waals surface area contributed by atoms with E-state index in [2.05, 4.69) is 38.0 Å². The van der Waals surface area contributed by atoms with Crippen LogP contribution in [0, 0.1) is 5.92 Å². The van der Waals surface area contributed by atoms with Crippen LogP contribution in [0.3, 0.4) is 0 Å². The maximum Gasteiger partial charge on any atom is 0.254 e. The fraction of sp³-hybridized carbons (Fsp3) is 0.647. The third kappa shape index (κ3) is 6.15. The second kappa shape index (κ2) is 9.37. The molecule has 1 rings (SSSR count). The van der Waals surface area contributed by atoms with Crippen LogP contribution >= 0.6 is 0 Å². The van der Waals surface area contributed by atoms with E-state index in [1.807, 2.05) is 11.0 Å². The topological polar surface area (TPSA) is 45.2 Å². The van der Waals surface area contributed by atoms with Gasteiger partial charge in [-0.15, -0.1) is 0 Å². The molecular weight excluding hydrogens is 262 g/mol. The molecule has 0 aliphatic carbocycles. The number of hydrogen-bond donors (Lipinski definition) is 1. The fourth-order valence-corrected chi connectivity index (χ4v) is 2.19. The van der Waals surface area contributed by atoms with E-state index < -0.39 is 0 Å². The van der Waals surface area contributed by atoms with Crippen molar-refractivity contribution in [2.75, 3.05) is 25.0 Å². The van der Waals surface area contributed by atoms with E-state index in [-0.39, 0.29) is 5.91 Å². The quantitative estimate of drug-likeness (QED) is 0.752. The molecule has 1 aromatic heterocycles. The Balaban J connectivity index is 2.70. The molecule has 4 heteroatoms. The predicted molar refractivity (Wildman–Crippen MR) is 88.7 cm³/mol. The number of carbonyl (C=O) groups is 1. The van der Waals surface area contributed by atoms with Crippen molar-refractivity contribution in [3.05, 3.63) is 23.9 Å². The highest BCUT2D eigenvalue weighted by Gasteiger charge is 2.14. The lowest BCUT2D eigenvalue weighted by Gasteiger charge is -2.21. The summed E-state index contributed by atoms with van der Waals surface area (Å²) in [5.74, 6) is 1.55. The molecule has 118 valence electrons. The summed E-state index contributed by atoms with van der Waals surface area (Å²) in [5.41, 5.74) is 0.721. The van der Waals surface area contributed by atoms with E-state index in [0.717, 1.165) is 50.3 Å². The van der Waals surface area contributed by atoms with Gasteiger partial charge in [0.2, 0.25) is 0 Å². The van der Waals surface area contributed by atoms with Gasteiger partial charge in [-0.25, -0.2) is 4.98 Å². The summed E-state index contributed by atoms with van der Waals surface area (Å²) >= 11 is 0. The summed E-state index contributed by atoms with van der Waals surface area (Å²) in [4.78, 5) is 18.7. The van der Waals surface area contributed by atoms with Crippen molar-refractivity contribution in [1.29, 1.82) is 0 Å². The summed E-state index contributed by atoms with van der Waals surface area (Å²) in [6, 6.07) is 3.66. The van der Waals surface area contributed by atoms with Crippen molar-refractivity contribution in [3.63, 3.8) is 0 Å². The first-order valence-corrected chi connectivity index (χ1v) is 8.07. The van der Waals surface area contributed by atoms with Gasteiger partial charge in [-0.1, -0.05) is 27.7 Å². The standard InChI is InChI=1S/C17H29N3O/c1-5-11-20(12-6-2)17(21)15-8-10-19-16(13-15)18-9-7-14(3)4/h8,10,13-14H,5-7,9,11-12H2,1-4H3,(H,18,19). The minimum atomic E-state index is 0.105. The molecule has 0 aromatic carbocycles. The molecule has 0 aliphatic rings. The first kappa shape index (κ1) is 17.5. The number of carbonyl (C=O) groups excluding carboxylic acids is 1. The van der Waals surface area contributed by atoms with Crippen molar-refractivity contribution in [1.82, 2.24) is 9.88 Å². The average molecular weight is 291 g/mol. The molecule has 0 spiro atoms. The van der Waals surface area contributed by atoms with E-state index in [1.54, 1.807) is 12.3 Å². The van der Waals surface area contributed by atoms with E-state index >= 15 is 0 Å². The van der Waals surface area contributed by atoms with E-state index in [4.69, 9.17) is 0 Å². The van der Waals surface area contributed by atoms with Crippen molar-refractivity contribution in [2.45, 2.75) is 47.0 Å². The predicted octanol–water partition coefficient (Wildman–Crippen LogP) is 3.80. The summed E-state index contributed by atoms with van der Waals surface area (Å²) in [6.07, 6.45) is 4.77. The Kier molecular flexibility index (Phi) is 7.80. The summed E-state index contributed by atoms with van der Waals surface area (Å²) in [5, 5.41) is 3.29. The first-order valence-electron chi connectivity index (χ1n) is 8.07. The van der Waals surface area contributed by atoms with Crippen molar-refractivity contribution in [3.8, 4) is 0 Å². The lowest BCUT2D eigenvalue weighted by atomic mass is 10.1. The van der Waals surface area contributed by atoms with Gasteiger partial charge in [0, 0.05) is 31.4 Å². The lowest BCUT2D eigenvalue weighted by molar-refractivity contribution is 0.0755. The molecule has 21 heavy (non-hydrogen) atoms. The molecule has 0 unspecified atom stereocenters. The van der Waals surface area contributed by atoms with Gasteiger partial charge in [-0.2, -0.15) is 0 Å². The highest BCUT2D eigenvalue weighted by atomic mass is 16.2. The Morgan fingerprint density at radius 2 is 1.95 bits per heavy atom. The van der Waals surface area contributed by atoms with Crippen LogP contribution in [0.25, 0.3) is 0 Å². The zero-order valence-electron chi connectivity index (χ0n) is 13.9. The zero-order chi connectivity index (χ0) is 15.7. The highest BCUT2D eigenvalue weighted by molar-refractivity contribution is 5.94. The molecule has 1 N–H and O–H groups in total. The molecule has 1 aromatic rings. The monoisotopic (exact) mass is 291 g/mol. The number of nitrogens with one attached hydrogen (secondary N) is 1. The van der Waals surface area contributed by atoms with E-state index in [0.29, 0.717) is 5.92 Å². The van der Waals surface area contributed by atoms with E-state index in [9.17, 15) is 4.79 Å². The third-order valence-corrected chi connectivity index (χ3v) is 3.31. The Morgan fingerprint density at radius 3 is 2.52 bits per heavy atom. The number of nitrogens with zero attached hydrogens (tertiary/aromatic N) is 2. The number of hydrogen-bond acceptors (Lipinski definition) is 3. The average Bonchev–Trinajstić information content (AvgIpc) is 2.46. The molecule has 0 atom stereocenters. The second-order valence-corrected chi connectivity index (χ2v) is 5.83. The molecule has 0 radical (unpaired) electrons. The molecular formula is C17H29N3O. The minimum absolute atomic E-state index is 0.105. The normalized spacial score (nSPS) is 10.7. The Bertz CT molecular complexity index is 426. The van der Waals surface area contributed by atoms with Gasteiger partial charge in [-0.05, 0) is 37.3 Å². The molecule has 0 aliphatic heterocycles. The smallest absolute Gasteiger partial charge is 0.254 e. The summed E-state index contributed by atoms with van der Waals surface area (Å²) in [7, 11) is 0. The minimum Gasteiger partial charge on any atom is -0.370 e. The molecule has 0 bridgehead atoms. The number of aromatic nitrogens is 1. The SMILES string of the molecule is CCCN(CCC)C(=O)c1ccnc(NCCC(C)C)c1. The van der Waals surface area contributed by atoms with Gasteiger partial charge in [0.25, 0.3) is 5.91 Å². The van der Waals surface area contributed by atoms with Gasteiger partial charge in [0.05, 0.1) is 0 Å². The maximum atomic E-state index is 12.5. The molecule has 1 heterocycles. The van der Waals surface area contributed by atoms with Crippen LogP contribution in [0.2, 0.25) is 0 Å². The van der Waals surface area contributed by atoms with E-state index in [1.165, 1.54) is 0 Å². The number of rotatable bonds is 9. The summed E-state index contributed by atoms with van der Waals surface area (Å²) < 4.78 is 0. The zero-order valence-corrected chi connectivity index (χ0v) is 13.9. The highest BCUT2D eigenvalue weighted by Crippen LogP contribution is 2.11. The number of pyridine rings is 1. The van der Waals surface area contributed by atoms with Gasteiger partial charge >= 0.3 is 0 Å². The van der Waals surface area contributed by atoms with Crippen molar-refractivity contribution in [2.24, 2.45) is 5.92 Å². The molecule has 1 amide bonds. The Labute approximate surface area is 129 Å². The van der Waals surface area contributed by atoms with Crippen molar-refractivity contribution >= 4 is 11.7 Å². The molecule has 0 saturated heterocycles. The van der Waals surface area contributed by atoms with Crippen LogP contribution in [0.1, 0.15) is 57.3 Å². The van der Waals surface area contributed by atoms with Gasteiger partial charge in [-0.3, -0.25) is 4.79 Å². The van der Waals surface area contributed by atoms with Gasteiger partial charge in [0.1, 0.15) is 5.82 Å². The molecule has 0 fully saturated rings. The third-order valence-electron chi connectivity index (χ3n) is 3.31. The Morgan fingerprint density at radius 1 is 1.29 bits per heavy atom. The number of anilines is 1. The lowest BCUT2D eigenvalue weighted by Crippen LogP contribution is -2.32. The van der Waals surface area contributed by atoms with Crippen LogP contribution in [0.4, 0.5) is 5.82 Å². The number of amides is 1. The molecule has 0 saturated carbocycles. The Hall–Kier alpha value is -1.58.